The monoisotopic (exact) mass is 199 g/mol. The van der Waals surface area contributed by atoms with E-state index in [9.17, 15) is 5.11 Å². The summed E-state index contributed by atoms with van der Waals surface area (Å²) in [6, 6.07) is 0.959. The standard InChI is InChI=1S/C12H25NO/c1-4-13(10(2)3)11-8-6-5-7-9-12(11)14/h10-12,14H,4-9H2,1-3H3. The molecule has 1 aliphatic rings. The van der Waals surface area contributed by atoms with Gasteiger partial charge in [0.1, 0.15) is 0 Å². The smallest absolute Gasteiger partial charge is 0.0695 e. The van der Waals surface area contributed by atoms with Crippen molar-refractivity contribution in [3.05, 3.63) is 0 Å². The van der Waals surface area contributed by atoms with Crippen molar-refractivity contribution in [2.24, 2.45) is 0 Å². The lowest BCUT2D eigenvalue weighted by molar-refractivity contribution is 0.0304. The number of aliphatic hydroxyl groups is 1. The Morgan fingerprint density at radius 1 is 1.21 bits per heavy atom. The van der Waals surface area contributed by atoms with Crippen LogP contribution in [0.2, 0.25) is 0 Å². The molecule has 2 nitrogen and oxygen atoms in total. The highest BCUT2D eigenvalue weighted by Crippen LogP contribution is 2.23. The van der Waals surface area contributed by atoms with Crippen molar-refractivity contribution in [3.8, 4) is 0 Å². The normalized spacial score (nSPS) is 29.6. The number of likely N-dealkylation sites (N-methyl/N-ethyl adjacent to an activating group) is 1. The highest BCUT2D eigenvalue weighted by molar-refractivity contribution is 4.82. The Morgan fingerprint density at radius 3 is 2.43 bits per heavy atom. The van der Waals surface area contributed by atoms with Gasteiger partial charge in [0.2, 0.25) is 0 Å². The maximum absolute atomic E-state index is 10.1. The topological polar surface area (TPSA) is 23.5 Å². The molecule has 0 aromatic carbocycles. The summed E-state index contributed by atoms with van der Waals surface area (Å²) in [5, 5.41) is 10.1. The summed E-state index contributed by atoms with van der Waals surface area (Å²) in [6.07, 6.45) is 5.85. The van der Waals surface area contributed by atoms with Gasteiger partial charge >= 0.3 is 0 Å². The summed E-state index contributed by atoms with van der Waals surface area (Å²) >= 11 is 0. The van der Waals surface area contributed by atoms with Crippen LogP contribution in [0.25, 0.3) is 0 Å². The lowest BCUT2D eigenvalue weighted by Gasteiger charge is -2.36. The predicted octanol–water partition coefficient (Wildman–Crippen LogP) is 2.41. The number of rotatable bonds is 3. The minimum absolute atomic E-state index is 0.0974. The van der Waals surface area contributed by atoms with Gasteiger partial charge in [-0.1, -0.05) is 26.2 Å². The van der Waals surface area contributed by atoms with E-state index in [1.54, 1.807) is 0 Å². The van der Waals surface area contributed by atoms with E-state index in [0.29, 0.717) is 12.1 Å². The van der Waals surface area contributed by atoms with E-state index < -0.39 is 0 Å². The first-order valence-corrected chi connectivity index (χ1v) is 6.10. The Labute approximate surface area is 88.3 Å². The molecule has 1 N–H and O–H groups in total. The van der Waals surface area contributed by atoms with Crippen LogP contribution in [0.4, 0.5) is 0 Å². The first kappa shape index (κ1) is 12.0. The number of nitrogens with zero attached hydrogens (tertiary/aromatic N) is 1. The predicted molar refractivity (Wildman–Crippen MR) is 60.4 cm³/mol. The minimum atomic E-state index is -0.0974. The quantitative estimate of drug-likeness (QED) is 0.706. The largest absolute Gasteiger partial charge is 0.391 e. The number of hydrogen-bond donors (Lipinski definition) is 1. The Balaban J connectivity index is 2.60. The van der Waals surface area contributed by atoms with Crippen molar-refractivity contribution in [2.75, 3.05) is 6.54 Å². The van der Waals surface area contributed by atoms with E-state index in [2.05, 4.69) is 25.7 Å². The van der Waals surface area contributed by atoms with Crippen LogP contribution >= 0.6 is 0 Å². The summed E-state index contributed by atoms with van der Waals surface area (Å²) in [7, 11) is 0. The molecule has 0 amide bonds. The second kappa shape index (κ2) is 5.72. The molecule has 0 radical (unpaired) electrons. The van der Waals surface area contributed by atoms with Gasteiger partial charge in [-0.3, -0.25) is 4.90 Å². The van der Waals surface area contributed by atoms with Gasteiger partial charge in [0.25, 0.3) is 0 Å². The average molecular weight is 199 g/mol. The minimum Gasteiger partial charge on any atom is -0.391 e. The van der Waals surface area contributed by atoms with Crippen LogP contribution in [-0.2, 0) is 0 Å². The summed E-state index contributed by atoms with van der Waals surface area (Å²) in [6.45, 7) is 7.69. The van der Waals surface area contributed by atoms with Crippen LogP contribution in [0, 0.1) is 0 Å². The van der Waals surface area contributed by atoms with Gasteiger partial charge in [0.05, 0.1) is 6.10 Å². The molecule has 2 unspecified atom stereocenters. The first-order valence-electron chi connectivity index (χ1n) is 6.10. The van der Waals surface area contributed by atoms with Crippen molar-refractivity contribution in [1.29, 1.82) is 0 Å². The molecule has 0 spiro atoms. The Morgan fingerprint density at radius 2 is 1.86 bits per heavy atom. The molecule has 0 bridgehead atoms. The van der Waals surface area contributed by atoms with Gasteiger partial charge in [-0.05, 0) is 33.2 Å². The van der Waals surface area contributed by atoms with E-state index in [1.165, 1.54) is 25.7 Å². The third-order valence-corrected chi connectivity index (χ3v) is 3.40. The highest BCUT2D eigenvalue weighted by Gasteiger charge is 2.27. The molecule has 0 heterocycles. The molecule has 1 rings (SSSR count). The second-order valence-corrected chi connectivity index (χ2v) is 4.70. The van der Waals surface area contributed by atoms with Crippen LogP contribution in [0.5, 0.6) is 0 Å². The third kappa shape index (κ3) is 2.96. The van der Waals surface area contributed by atoms with Gasteiger partial charge in [0.15, 0.2) is 0 Å². The third-order valence-electron chi connectivity index (χ3n) is 3.40. The van der Waals surface area contributed by atoms with Crippen LogP contribution in [0.1, 0.15) is 52.9 Å². The molecular weight excluding hydrogens is 174 g/mol. The molecule has 0 aliphatic heterocycles. The van der Waals surface area contributed by atoms with Gasteiger partial charge in [-0.2, -0.15) is 0 Å². The number of aliphatic hydroxyl groups excluding tert-OH is 1. The lowest BCUT2D eigenvalue weighted by Crippen LogP contribution is -2.46. The van der Waals surface area contributed by atoms with Crippen molar-refractivity contribution < 1.29 is 5.11 Å². The zero-order valence-electron chi connectivity index (χ0n) is 9.87. The molecule has 0 aromatic rings. The number of hydrogen-bond acceptors (Lipinski definition) is 2. The molecule has 1 saturated carbocycles. The van der Waals surface area contributed by atoms with Crippen molar-refractivity contribution >= 4 is 0 Å². The fraction of sp³-hybridized carbons (Fsp3) is 1.00. The van der Waals surface area contributed by atoms with E-state index in [-0.39, 0.29) is 6.10 Å². The second-order valence-electron chi connectivity index (χ2n) is 4.70. The zero-order chi connectivity index (χ0) is 10.6. The molecule has 2 heteroatoms. The van der Waals surface area contributed by atoms with Gasteiger partial charge < -0.3 is 5.11 Å². The zero-order valence-corrected chi connectivity index (χ0v) is 9.87. The van der Waals surface area contributed by atoms with Gasteiger partial charge in [0, 0.05) is 12.1 Å². The van der Waals surface area contributed by atoms with Gasteiger partial charge in [-0.15, -0.1) is 0 Å². The van der Waals surface area contributed by atoms with Crippen LogP contribution in [0.15, 0.2) is 0 Å². The van der Waals surface area contributed by atoms with Crippen LogP contribution in [0.3, 0.4) is 0 Å². The van der Waals surface area contributed by atoms with Crippen LogP contribution < -0.4 is 0 Å². The summed E-state index contributed by atoms with van der Waals surface area (Å²) < 4.78 is 0. The Kier molecular flexibility index (Phi) is 4.90. The Hall–Kier alpha value is -0.0800. The molecule has 0 aromatic heterocycles. The lowest BCUT2D eigenvalue weighted by atomic mass is 10.0. The molecule has 0 saturated heterocycles. The summed E-state index contributed by atoms with van der Waals surface area (Å²) in [5.74, 6) is 0. The highest BCUT2D eigenvalue weighted by atomic mass is 16.3. The SMILES string of the molecule is CCN(C(C)C)C1CCCCCC1O. The van der Waals surface area contributed by atoms with E-state index in [4.69, 9.17) is 0 Å². The first-order chi connectivity index (χ1) is 6.66. The summed E-state index contributed by atoms with van der Waals surface area (Å²) in [5.41, 5.74) is 0. The fourth-order valence-electron chi connectivity index (χ4n) is 2.64. The molecule has 14 heavy (non-hydrogen) atoms. The van der Waals surface area contributed by atoms with Crippen molar-refractivity contribution in [1.82, 2.24) is 4.90 Å². The molecule has 1 fully saturated rings. The maximum Gasteiger partial charge on any atom is 0.0695 e. The van der Waals surface area contributed by atoms with E-state index in [1.807, 2.05) is 0 Å². The Bertz CT molecular complexity index is 158. The fourth-order valence-corrected chi connectivity index (χ4v) is 2.64. The molecule has 84 valence electrons. The average Bonchev–Trinajstić information content (AvgIpc) is 2.33. The van der Waals surface area contributed by atoms with Gasteiger partial charge in [-0.25, -0.2) is 0 Å². The molecule has 1 aliphatic carbocycles. The maximum atomic E-state index is 10.1. The van der Waals surface area contributed by atoms with Crippen molar-refractivity contribution in [3.63, 3.8) is 0 Å². The van der Waals surface area contributed by atoms with E-state index in [0.717, 1.165) is 13.0 Å². The summed E-state index contributed by atoms with van der Waals surface area (Å²) in [4.78, 5) is 2.44. The van der Waals surface area contributed by atoms with Crippen molar-refractivity contribution in [2.45, 2.75) is 71.1 Å². The van der Waals surface area contributed by atoms with Crippen LogP contribution in [-0.4, -0.2) is 34.7 Å². The molecule has 2 atom stereocenters. The molecular formula is C12H25NO. The van der Waals surface area contributed by atoms with E-state index >= 15 is 0 Å².